The fourth-order valence-corrected chi connectivity index (χ4v) is 3.40. The van der Waals surface area contributed by atoms with Crippen LogP contribution < -0.4 is 5.32 Å². The molecule has 0 spiro atoms. The summed E-state index contributed by atoms with van der Waals surface area (Å²) in [6.45, 7) is 1.33. The number of hydrogen-bond acceptors (Lipinski definition) is 2. The first kappa shape index (κ1) is 21.3. The van der Waals surface area contributed by atoms with E-state index in [9.17, 15) is 27.2 Å². The molecule has 8 heteroatoms. The SMILES string of the molecule is CC(=O)[C@H](Cc1ccc(Cl)cc1)NC(=O)C1(c2ccc(C(F)(F)F)cc2F)CC1. The smallest absolute Gasteiger partial charge is 0.345 e. The van der Waals surface area contributed by atoms with E-state index < -0.39 is 34.9 Å². The molecule has 2 aromatic carbocycles. The Kier molecular flexibility index (Phi) is 5.72. The fourth-order valence-electron chi connectivity index (χ4n) is 3.27. The molecule has 29 heavy (non-hydrogen) atoms. The number of carbonyl (C=O) groups is 2. The highest BCUT2D eigenvalue weighted by atomic mass is 35.5. The van der Waals surface area contributed by atoms with Crippen molar-refractivity contribution >= 4 is 23.3 Å². The lowest BCUT2D eigenvalue weighted by Gasteiger charge is -2.22. The Balaban J connectivity index is 1.79. The van der Waals surface area contributed by atoms with Crippen LogP contribution in [0.1, 0.15) is 36.5 Å². The predicted octanol–water partition coefficient (Wildman–Crippen LogP) is 4.85. The third kappa shape index (κ3) is 4.61. The Hall–Kier alpha value is -2.41. The van der Waals surface area contributed by atoms with Gasteiger partial charge in [0.2, 0.25) is 5.91 Å². The lowest BCUT2D eigenvalue weighted by Crippen LogP contribution is -2.46. The average Bonchev–Trinajstić information content (AvgIpc) is 3.43. The van der Waals surface area contributed by atoms with Crippen molar-refractivity contribution in [2.24, 2.45) is 0 Å². The second kappa shape index (κ2) is 7.78. The monoisotopic (exact) mass is 427 g/mol. The molecule has 0 aromatic heterocycles. The molecule has 1 saturated carbocycles. The molecule has 1 atom stereocenters. The lowest BCUT2D eigenvalue weighted by molar-refractivity contribution is -0.137. The second-order valence-corrected chi connectivity index (χ2v) is 7.68. The molecule has 0 unspecified atom stereocenters. The summed E-state index contributed by atoms with van der Waals surface area (Å²) >= 11 is 5.84. The van der Waals surface area contributed by atoms with Crippen molar-refractivity contribution in [1.82, 2.24) is 5.32 Å². The van der Waals surface area contributed by atoms with Gasteiger partial charge in [0.25, 0.3) is 0 Å². The summed E-state index contributed by atoms with van der Waals surface area (Å²) in [4.78, 5) is 24.9. The van der Waals surface area contributed by atoms with Gasteiger partial charge in [-0.3, -0.25) is 9.59 Å². The zero-order valence-electron chi connectivity index (χ0n) is 15.4. The number of nitrogens with one attached hydrogen (secondary N) is 1. The minimum Gasteiger partial charge on any atom is -0.345 e. The molecule has 0 saturated heterocycles. The van der Waals surface area contributed by atoms with Crippen LogP contribution in [0.4, 0.5) is 17.6 Å². The maximum Gasteiger partial charge on any atom is 0.416 e. The topological polar surface area (TPSA) is 46.2 Å². The van der Waals surface area contributed by atoms with E-state index in [0.717, 1.165) is 17.7 Å². The molecule has 154 valence electrons. The van der Waals surface area contributed by atoms with Crippen molar-refractivity contribution < 1.29 is 27.2 Å². The highest BCUT2D eigenvalue weighted by Gasteiger charge is 2.53. The summed E-state index contributed by atoms with van der Waals surface area (Å²) < 4.78 is 52.7. The van der Waals surface area contributed by atoms with Crippen LogP contribution in [0, 0.1) is 5.82 Å². The lowest BCUT2D eigenvalue weighted by atomic mass is 9.92. The second-order valence-electron chi connectivity index (χ2n) is 7.24. The van der Waals surface area contributed by atoms with Crippen LogP contribution >= 0.6 is 11.6 Å². The van der Waals surface area contributed by atoms with E-state index in [2.05, 4.69) is 5.32 Å². The van der Waals surface area contributed by atoms with Gasteiger partial charge in [-0.15, -0.1) is 0 Å². The number of rotatable bonds is 6. The number of amides is 1. The molecular formula is C21H18ClF4NO2. The Bertz CT molecular complexity index is 937. The van der Waals surface area contributed by atoms with Crippen molar-refractivity contribution in [2.75, 3.05) is 0 Å². The Morgan fingerprint density at radius 2 is 1.76 bits per heavy atom. The maximum absolute atomic E-state index is 14.4. The number of halogens is 5. The largest absolute Gasteiger partial charge is 0.416 e. The van der Waals surface area contributed by atoms with Gasteiger partial charge < -0.3 is 5.32 Å². The van der Waals surface area contributed by atoms with Gasteiger partial charge in [0.1, 0.15) is 5.82 Å². The summed E-state index contributed by atoms with van der Waals surface area (Å²) in [5.41, 5.74) is -1.67. The van der Waals surface area contributed by atoms with Crippen LogP contribution in [0.5, 0.6) is 0 Å². The summed E-state index contributed by atoms with van der Waals surface area (Å²) in [7, 11) is 0. The van der Waals surface area contributed by atoms with E-state index in [4.69, 9.17) is 11.6 Å². The molecule has 1 aliphatic rings. The van der Waals surface area contributed by atoms with Crippen LogP contribution in [0.25, 0.3) is 0 Å². The molecule has 3 rings (SSSR count). The van der Waals surface area contributed by atoms with Crippen LogP contribution in [0.2, 0.25) is 5.02 Å². The molecule has 0 bridgehead atoms. The third-order valence-electron chi connectivity index (χ3n) is 5.15. The third-order valence-corrected chi connectivity index (χ3v) is 5.40. The molecule has 2 aromatic rings. The standard InChI is InChI=1S/C21H18ClF4NO2/c1-12(28)18(10-13-2-5-15(22)6-3-13)27-19(29)20(8-9-20)16-7-4-14(11-17(16)23)21(24,25)26/h2-7,11,18H,8-10H2,1H3,(H,27,29)/t18-/m0/s1. The number of alkyl halides is 3. The number of Topliss-reactive ketones (excluding diaryl/α,β-unsaturated/α-hetero) is 1. The minimum atomic E-state index is -4.67. The van der Waals surface area contributed by atoms with E-state index in [-0.39, 0.29) is 17.8 Å². The predicted molar refractivity (Wildman–Crippen MR) is 100 cm³/mol. The first-order chi connectivity index (χ1) is 13.5. The van der Waals surface area contributed by atoms with Crippen molar-refractivity contribution in [1.29, 1.82) is 0 Å². The van der Waals surface area contributed by atoms with E-state index in [1.54, 1.807) is 24.3 Å². The van der Waals surface area contributed by atoms with Crippen LogP contribution in [-0.2, 0) is 27.6 Å². The van der Waals surface area contributed by atoms with Crippen molar-refractivity contribution in [3.63, 3.8) is 0 Å². The van der Waals surface area contributed by atoms with Gasteiger partial charge in [0.15, 0.2) is 5.78 Å². The maximum atomic E-state index is 14.4. The molecule has 1 amide bonds. The van der Waals surface area contributed by atoms with Crippen molar-refractivity contribution in [3.05, 3.63) is 70.0 Å². The number of carbonyl (C=O) groups excluding carboxylic acids is 2. The zero-order valence-corrected chi connectivity index (χ0v) is 16.2. The van der Waals surface area contributed by atoms with Gasteiger partial charge in [-0.2, -0.15) is 13.2 Å². The highest BCUT2D eigenvalue weighted by Crippen LogP contribution is 2.50. The van der Waals surface area contributed by atoms with Gasteiger partial charge in [0.05, 0.1) is 17.0 Å². The number of hydrogen-bond donors (Lipinski definition) is 1. The summed E-state index contributed by atoms with van der Waals surface area (Å²) in [6.07, 6.45) is -3.85. The van der Waals surface area contributed by atoms with Crippen molar-refractivity contribution in [2.45, 2.75) is 43.8 Å². The van der Waals surface area contributed by atoms with Crippen molar-refractivity contribution in [3.8, 4) is 0 Å². The molecule has 1 N–H and O–H groups in total. The summed E-state index contributed by atoms with van der Waals surface area (Å²) in [5, 5.41) is 3.18. The normalized spacial score (nSPS) is 16.2. The average molecular weight is 428 g/mol. The van der Waals surface area contributed by atoms with Gasteiger partial charge in [0, 0.05) is 10.6 Å². The van der Waals surface area contributed by atoms with E-state index >= 15 is 0 Å². The van der Waals surface area contributed by atoms with Crippen LogP contribution in [-0.4, -0.2) is 17.7 Å². The quantitative estimate of drug-likeness (QED) is 0.670. The Morgan fingerprint density at radius 3 is 2.24 bits per heavy atom. The van der Waals surface area contributed by atoms with E-state index in [1.165, 1.54) is 6.92 Å². The highest BCUT2D eigenvalue weighted by molar-refractivity contribution is 6.30. The Morgan fingerprint density at radius 1 is 1.14 bits per heavy atom. The Labute approximate surface area is 170 Å². The number of ketones is 1. The molecule has 1 aliphatic carbocycles. The molecule has 1 fully saturated rings. The van der Waals surface area contributed by atoms with Gasteiger partial charge in [-0.1, -0.05) is 29.8 Å². The summed E-state index contributed by atoms with van der Waals surface area (Å²) in [5.74, 6) is -1.92. The summed E-state index contributed by atoms with van der Waals surface area (Å²) in [6, 6.07) is 8.12. The van der Waals surface area contributed by atoms with Gasteiger partial charge in [-0.25, -0.2) is 4.39 Å². The van der Waals surface area contributed by atoms with Gasteiger partial charge in [-0.05, 0) is 56.0 Å². The molecule has 0 heterocycles. The van der Waals surface area contributed by atoms with Crippen LogP contribution in [0.3, 0.4) is 0 Å². The van der Waals surface area contributed by atoms with E-state index in [0.29, 0.717) is 23.9 Å². The molecule has 0 radical (unpaired) electrons. The van der Waals surface area contributed by atoms with E-state index in [1.807, 2.05) is 0 Å². The fraction of sp³-hybridized carbons (Fsp3) is 0.333. The first-order valence-corrected chi connectivity index (χ1v) is 9.34. The van der Waals surface area contributed by atoms with Crippen LogP contribution in [0.15, 0.2) is 42.5 Å². The molecule has 0 aliphatic heterocycles. The molecule has 3 nitrogen and oxygen atoms in total. The number of benzene rings is 2. The molecular weight excluding hydrogens is 410 g/mol. The first-order valence-electron chi connectivity index (χ1n) is 8.96. The minimum absolute atomic E-state index is 0.0863. The van der Waals surface area contributed by atoms with Gasteiger partial charge >= 0.3 is 6.18 Å². The zero-order chi connectivity index (χ0) is 21.4.